The van der Waals surface area contributed by atoms with Gasteiger partial charge in [-0.3, -0.25) is 4.79 Å². The van der Waals surface area contributed by atoms with Crippen molar-refractivity contribution in [1.29, 1.82) is 0 Å². The van der Waals surface area contributed by atoms with Gasteiger partial charge >= 0.3 is 0 Å². The van der Waals surface area contributed by atoms with E-state index in [4.69, 9.17) is 10.5 Å². The van der Waals surface area contributed by atoms with Gasteiger partial charge in [0.1, 0.15) is 11.5 Å². The average molecular weight is 454 g/mol. The Morgan fingerprint density at radius 2 is 2.00 bits per heavy atom. The van der Waals surface area contributed by atoms with Crippen molar-refractivity contribution in [2.75, 3.05) is 17.7 Å². The first kappa shape index (κ1) is 23.2. The van der Waals surface area contributed by atoms with Gasteiger partial charge in [0, 0.05) is 42.2 Å². The van der Waals surface area contributed by atoms with Gasteiger partial charge in [0.05, 0.1) is 17.4 Å². The van der Waals surface area contributed by atoms with Crippen LogP contribution in [0.5, 0.6) is 0 Å². The number of methoxy groups -OCH3 is 1. The van der Waals surface area contributed by atoms with Crippen LogP contribution in [0.4, 0.5) is 15.8 Å². The number of halogens is 1. The standard InChI is InChI=1S/C25H32FN5O2/c1-3-4-22(33-2)21-13-19-23(29-17-11-7-16(27)8-12-17)20(14-28-24(19)31-21)25(32)30-18-9-5-15(26)6-10-18/h5-6,9-10,13-14,16-17,22H,3-4,7-8,11-12,27H2,1-2H3,(H,30,32)(H2,28,29,31)/t16-,17-,22?. The van der Waals surface area contributed by atoms with Crippen molar-refractivity contribution in [3.05, 3.63) is 53.6 Å². The smallest absolute Gasteiger partial charge is 0.259 e. The lowest BCUT2D eigenvalue weighted by Gasteiger charge is -2.28. The molecule has 176 valence electrons. The summed E-state index contributed by atoms with van der Waals surface area (Å²) in [6, 6.07) is 8.19. The molecule has 0 bridgehead atoms. The van der Waals surface area contributed by atoms with E-state index in [0.717, 1.165) is 55.3 Å². The zero-order chi connectivity index (χ0) is 23.4. The van der Waals surface area contributed by atoms with E-state index in [2.05, 4.69) is 27.5 Å². The SMILES string of the molecule is CCCC(OC)c1cc2c(N[C@H]3CC[C@H](N)CC3)c(C(=O)Nc3ccc(F)cc3)cnc2[nH]1. The summed E-state index contributed by atoms with van der Waals surface area (Å²) in [5, 5.41) is 7.32. The number of anilines is 2. The Bertz CT molecular complexity index is 1090. The maximum Gasteiger partial charge on any atom is 0.259 e. The summed E-state index contributed by atoms with van der Waals surface area (Å²) >= 11 is 0. The predicted octanol–water partition coefficient (Wildman–Crippen LogP) is 5.12. The summed E-state index contributed by atoms with van der Waals surface area (Å²) in [4.78, 5) is 21.1. The normalized spacial score (nSPS) is 19.4. The highest BCUT2D eigenvalue weighted by atomic mass is 19.1. The van der Waals surface area contributed by atoms with Gasteiger partial charge in [-0.05, 0) is 62.4 Å². The Morgan fingerprint density at radius 3 is 2.67 bits per heavy atom. The number of rotatable bonds is 8. The van der Waals surface area contributed by atoms with Gasteiger partial charge in [0.25, 0.3) is 5.91 Å². The van der Waals surface area contributed by atoms with Crippen LogP contribution in [0.3, 0.4) is 0 Å². The van der Waals surface area contributed by atoms with Crippen LogP contribution in [-0.4, -0.2) is 35.1 Å². The van der Waals surface area contributed by atoms with Gasteiger partial charge in [-0.2, -0.15) is 0 Å². The lowest BCUT2D eigenvalue weighted by atomic mass is 9.91. The van der Waals surface area contributed by atoms with E-state index >= 15 is 0 Å². The summed E-state index contributed by atoms with van der Waals surface area (Å²) in [6.45, 7) is 2.12. The van der Waals surface area contributed by atoms with Crippen LogP contribution in [0.2, 0.25) is 0 Å². The maximum absolute atomic E-state index is 13.3. The quantitative estimate of drug-likeness (QED) is 0.379. The minimum Gasteiger partial charge on any atom is -0.381 e. The van der Waals surface area contributed by atoms with Crippen LogP contribution in [0.15, 0.2) is 36.5 Å². The molecule has 2 heterocycles. The van der Waals surface area contributed by atoms with Crippen LogP contribution in [0.1, 0.15) is 67.6 Å². The van der Waals surface area contributed by atoms with Gasteiger partial charge in [-0.1, -0.05) is 13.3 Å². The molecule has 0 spiro atoms. The van der Waals surface area contributed by atoms with Gasteiger partial charge in [0.15, 0.2) is 0 Å². The van der Waals surface area contributed by atoms with Gasteiger partial charge in [-0.25, -0.2) is 9.37 Å². The number of ether oxygens (including phenoxy) is 1. The van der Waals surface area contributed by atoms with Crippen molar-refractivity contribution in [2.24, 2.45) is 5.73 Å². The van der Waals surface area contributed by atoms with E-state index in [1.54, 1.807) is 13.3 Å². The number of H-pyrrole nitrogens is 1. The molecular formula is C25H32FN5O2. The van der Waals surface area contributed by atoms with Crippen molar-refractivity contribution in [1.82, 2.24) is 9.97 Å². The summed E-state index contributed by atoms with van der Waals surface area (Å²) in [6.07, 6.45) is 7.16. The number of hydrogen-bond donors (Lipinski definition) is 4. The van der Waals surface area contributed by atoms with Crippen molar-refractivity contribution in [3.8, 4) is 0 Å². The Kier molecular flexibility index (Phi) is 7.25. The molecule has 1 aliphatic rings. The van der Waals surface area contributed by atoms with E-state index in [1.165, 1.54) is 24.3 Å². The molecule has 8 heteroatoms. The summed E-state index contributed by atoms with van der Waals surface area (Å²) < 4.78 is 18.9. The third-order valence-corrected chi connectivity index (χ3v) is 6.33. The fraction of sp³-hybridized carbons (Fsp3) is 0.440. The maximum atomic E-state index is 13.3. The Hall–Kier alpha value is -2.97. The number of nitrogens with zero attached hydrogens (tertiary/aromatic N) is 1. The monoisotopic (exact) mass is 453 g/mol. The largest absolute Gasteiger partial charge is 0.381 e. The summed E-state index contributed by atoms with van der Waals surface area (Å²) in [5.74, 6) is -0.654. The molecule has 33 heavy (non-hydrogen) atoms. The Morgan fingerprint density at radius 1 is 1.27 bits per heavy atom. The fourth-order valence-corrected chi connectivity index (χ4v) is 4.46. The molecule has 1 aromatic carbocycles. The highest BCUT2D eigenvalue weighted by Gasteiger charge is 2.24. The van der Waals surface area contributed by atoms with Gasteiger partial charge < -0.3 is 26.1 Å². The van der Waals surface area contributed by atoms with Crippen LogP contribution >= 0.6 is 0 Å². The third kappa shape index (κ3) is 5.34. The van der Waals surface area contributed by atoms with Crippen LogP contribution in [0, 0.1) is 5.82 Å². The first-order valence-electron chi connectivity index (χ1n) is 11.6. The topological polar surface area (TPSA) is 105 Å². The second-order valence-electron chi connectivity index (χ2n) is 8.76. The van der Waals surface area contributed by atoms with Gasteiger partial charge in [-0.15, -0.1) is 0 Å². The number of fused-ring (bicyclic) bond motifs is 1. The number of aromatic nitrogens is 2. The molecule has 1 fully saturated rings. The van der Waals surface area contributed by atoms with E-state index in [-0.39, 0.29) is 29.9 Å². The number of benzene rings is 1. The van der Waals surface area contributed by atoms with Gasteiger partial charge in [0.2, 0.25) is 0 Å². The molecule has 0 aliphatic heterocycles. The molecule has 1 aliphatic carbocycles. The molecule has 2 aromatic heterocycles. The number of hydrogen-bond acceptors (Lipinski definition) is 5. The minimum absolute atomic E-state index is 0.0683. The number of carbonyl (C=O) groups excluding carboxylic acids is 1. The Balaban J connectivity index is 1.70. The zero-order valence-corrected chi connectivity index (χ0v) is 19.2. The molecular weight excluding hydrogens is 421 g/mol. The minimum atomic E-state index is -0.353. The molecule has 5 N–H and O–H groups in total. The predicted molar refractivity (Wildman–Crippen MR) is 129 cm³/mol. The molecule has 1 atom stereocenters. The number of carbonyl (C=O) groups is 1. The lowest BCUT2D eigenvalue weighted by Crippen LogP contribution is -2.33. The van der Waals surface area contributed by atoms with Crippen molar-refractivity contribution in [3.63, 3.8) is 0 Å². The van der Waals surface area contributed by atoms with Crippen LogP contribution in [-0.2, 0) is 4.74 Å². The second kappa shape index (κ2) is 10.3. The first-order chi connectivity index (χ1) is 16.0. The number of nitrogens with two attached hydrogens (primary N) is 1. The molecule has 7 nitrogen and oxygen atoms in total. The molecule has 0 saturated heterocycles. The lowest BCUT2D eigenvalue weighted by molar-refractivity contribution is 0.0921. The van der Waals surface area contributed by atoms with E-state index in [9.17, 15) is 9.18 Å². The number of amides is 1. The fourth-order valence-electron chi connectivity index (χ4n) is 4.46. The van der Waals surface area contributed by atoms with Crippen molar-refractivity contribution < 1.29 is 13.9 Å². The molecule has 1 unspecified atom stereocenters. The van der Waals surface area contributed by atoms with E-state index < -0.39 is 0 Å². The number of nitrogens with one attached hydrogen (secondary N) is 3. The third-order valence-electron chi connectivity index (χ3n) is 6.33. The molecule has 1 saturated carbocycles. The van der Waals surface area contributed by atoms with E-state index in [0.29, 0.717) is 16.9 Å². The zero-order valence-electron chi connectivity index (χ0n) is 19.2. The highest BCUT2D eigenvalue weighted by Crippen LogP contribution is 2.33. The number of aromatic amines is 1. The first-order valence-corrected chi connectivity index (χ1v) is 11.6. The van der Waals surface area contributed by atoms with Crippen LogP contribution < -0.4 is 16.4 Å². The van der Waals surface area contributed by atoms with Crippen molar-refractivity contribution >= 4 is 28.3 Å². The molecule has 3 aromatic rings. The molecule has 0 radical (unpaired) electrons. The summed E-state index contributed by atoms with van der Waals surface area (Å²) in [5.41, 5.74) is 9.44. The van der Waals surface area contributed by atoms with E-state index in [1.807, 2.05) is 6.07 Å². The molecule has 1 amide bonds. The second-order valence-corrected chi connectivity index (χ2v) is 8.76. The molecule has 4 rings (SSSR count). The Labute approximate surface area is 193 Å². The summed E-state index contributed by atoms with van der Waals surface area (Å²) in [7, 11) is 1.70. The van der Waals surface area contributed by atoms with Crippen LogP contribution in [0.25, 0.3) is 11.0 Å². The van der Waals surface area contributed by atoms with Crippen molar-refractivity contribution in [2.45, 2.75) is 63.6 Å². The average Bonchev–Trinajstić information content (AvgIpc) is 3.25. The highest BCUT2D eigenvalue weighted by molar-refractivity contribution is 6.12. The number of pyridine rings is 1.